The molecule has 7 heteroatoms. The summed E-state index contributed by atoms with van der Waals surface area (Å²) < 4.78 is 16.7. The van der Waals surface area contributed by atoms with Crippen molar-refractivity contribution in [3.05, 3.63) is 66.2 Å². The molecule has 0 atom stereocenters. The van der Waals surface area contributed by atoms with Gasteiger partial charge < -0.3 is 13.9 Å². The molecule has 0 radical (unpaired) electrons. The first kappa shape index (κ1) is 17.2. The summed E-state index contributed by atoms with van der Waals surface area (Å²) in [5.74, 6) is 1.39. The Morgan fingerprint density at radius 1 is 0.897 bits per heavy atom. The molecule has 0 saturated carbocycles. The van der Waals surface area contributed by atoms with Crippen molar-refractivity contribution < 1.29 is 18.7 Å². The molecule has 0 bridgehead atoms. The zero-order valence-electron chi connectivity index (χ0n) is 15.4. The number of carbonyl (C=O) groups is 1. The SMILES string of the molecule is O=C(Cc1ccc2ccccc2c1)Nc1nnc(-c2ccc3c(c2)OCCO3)o1. The molecule has 0 aliphatic carbocycles. The molecule has 5 rings (SSSR count). The van der Waals surface area contributed by atoms with Crippen molar-refractivity contribution in [2.24, 2.45) is 0 Å². The van der Waals surface area contributed by atoms with Crippen LogP contribution < -0.4 is 14.8 Å². The molecule has 2 heterocycles. The third kappa shape index (κ3) is 3.62. The van der Waals surface area contributed by atoms with E-state index in [-0.39, 0.29) is 18.3 Å². The van der Waals surface area contributed by atoms with Gasteiger partial charge in [-0.15, -0.1) is 5.10 Å². The maximum absolute atomic E-state index is 12.4. The van der Waals surface area contributed by atoms with Crippen LogP contribution in [-0.4, -0.2) is 29.3 Å². The smallest absolute Gasteiger partial charge is 0.322 e. The van der Waals surface area contributed by atoms with E-state index in [1.54, 1.807) is 12.1 Å². The van der Waals surface area contributed by atoms with Crippen LogP contribution in [0.25, 0.3) is 22.2 Å². The Morgan fingerprint density at radius 3 is 2.62 bits per heavy atom. The summed E-state index contributed by atoms with van der Waals surface area (Å²) in [4.78, 5) is 12.4. The van der Waals surface area contributed by atoms with Crippen LogP contribution in [0.2, 0.25) is 0 Å². The predicted octanol–water partition coefficient (Wildman–Crippen LogP) is 3.84. The Morgan fingerprint density at radius 2 is 1.72 bits per heavy atom. The number of hydrogen-bond acceptors (Lipinski definition) is 6. The zero-order valence-corrected chi connectivity index (χ0v) is 15.4. The number of amides is 1. The second-order valence-electron chi connectivity index (χ2n) is 6.68. The molecule has 1 aromatic heterocycles. The summed E-state index contributed by atoms with van der Waals surface area (Å²) in [6.07, 6.45) is 0.215. The lowest BCUT2D eigenvalue weighted by Gasteiger charge is -2.18. The molecule has 0 spiro atoms. The third-order valence-corrected chi connectivity index (χ3v) is 4.64. The second-order valence-corrected chi connectivity index (χ2v) is 6.68. The van der Waals surface area contributed by atoms with Gasteiger partial charge in [0.05, 0.1) is 6.42 Å². The number of aromatic nitrogens is 2. The fourth-order valence-electron chi connectivity index (χ4n) is 3.26. The van der Waals surface area contributed by atoms with Gasteiger partial charge in [0.15, 0.2) is 11.5 Å². The lowest BCUT2D eigenvalue weighted by atomic mass is 10.1. The van der Waals surface area contributed by atoms with Crippen molar-refractivity contribution >= 4 is 22.7 Å². The van der Waals surface area contributed by atoms with E-state index >= 15 is 0 Å². The van der Waals surface area contributed by atoms with Crippen molar-refractivity contribution in [1.82, 2.24) is 10.2 Å². The summed E-state index contributed by atoms with van der Waals surface area (Å²) in [6.45, 7) is 1.02. The van der Waals surface area contributed by atoms with Crippen LogP contribution in [0.4, 0.5) is 6.01 Å². The second kappa shape index (κ2) is 7.27. The number of ether oxygens (including phenoxy) is 2. The Hall–Kier alpha value is -3.87. The molecule has 1 aliphatic heterocycles. The Balaban J connectivity index is 1.28. The predicted molar refractivity (Wildman–Crippen MR) is 107 cm³/mol. The van der Waals surface area contributed by atoms with Gasteiger partial charge in [-0.3, -0.25) is 10.1 Å². The Labute approximate surface area is 166 Å². The quantitative estimate of drug-likeness (QED) is 0.573. The van der Waals surface area contributed by atoms with E-state index in [2.05, 4.69) is 15.5 Å². The minimum absolute atomic E-state index is 0.0562. The number of benzene rings is 3. The first-order valence-corrected chi connectivity index (χ1v) is 9.26. The molecule has 1 aliphatic rings. The molecule has 29 heavy (non-hydrogen) atoms. The summed E-state index contributed by atoms with van der Waals surface area (Å²) in [7, 11) is 0. The number of carbonyl (C=O) groups excluding carboxylic acids is 1. The lowest BCUT2D eigenvalue weighted by Crippen LogP contribution is -2.15. The maximum Gasteiger partial charge on any atom is 0.322 e. The van der Waals surface area contributed by atoms with Crippen LogP contribution >= 0.6 is 0 Å². The summed E-state index contributed by atoms with van der Waals surface area (Å²) in [5.41, 5.74) is 1.60. The van der Waals surface area contributed by atoms with Gasteiger partial charge in [0, 0.05) is 5.56 Å². The van der Waals surface area contributed by atoms with Gasteiger partial charge >= 0.3 is 6.01 Å². The number of rotatable bonds is 4. The van der Waals surface area contributed by atoms with E-state index in [0.717, 1.165) is 16.3 Å². The van der Waals surface area contributed by atoms with Crippen LogP contribution in [0.15, 0.2) is 65.1 Å². The van der Waals surface area contributed by atoms with Gasteiger partial charge in [0.2, 0.25) is 11.8 Å². The van der Waals surface area contributed by atoms with E-state index in [4.69, 9.17) is 13.9 Å². The summed E-state index contributed by atoms with van der Waals surface area (Å²) in [6, 6.07) is 19.4. The summed E-state index contributed by atoms with van der Waals surface area (Å²) >= 11 is 0. The fraction of sp³-hybridized carbons (Fsp3) is 0.136. The molecular weight excluding hydrogens is 370 g/mol. The van der Waals surface area contributed by atoms with Crippen LogP contribution in [0.1, 0.15) is 5.56 Å². The Kier molecular flexibility index (Phi) is 4.32. The van der Waals surface area contributed by atoms with Crippen molar-refractivity contribution in [2.75, 3.05) is 18.5 Å². The highest BCUT2D eigenvalue weighted by Gasteiger charge is 2.16. The van der Waals surface area contributed by atoms with Gasteiger partial charge in [-0.2, -0.15) is 0 Å². The molecule has 1 amide bonds. The minimum atomic E-state index is -0.224. The van der Waals surface area contributed by atoms with Crippen LogP contribution in [-0.2, 0) is 11.2 Å². The Bertz CT molecular complexity index is 1200. The van der Waals surface area contributed by atoms with Crippen molar-refractivity contribution in [2.45, 2.75) is 6.42 Å². The van der Waals surface area contributed by atoms with Crippen LogP contribution in [0.3, 0.4) is 0 Å². The average molecular weight is 387 g/mol. The van der Waals surface area contributed by atoms with Crippen molar-refractivity contribution in [3.63, 3.8) is 0 Å². The normalized spacial score (nSPS) is 12.7. The molecule has 1 N–H and O–H groups in total. The van der Waals surface area contributed by atoms with Gasteiger partial charge in [0.25, 0.3) is 0 Å². The first-order chi connectivity index (χ1) is 14.2. The first-order valence-electron chi connectivity index (χ1n) is 9.26. The third-order valence-electron chi connectivity index (χ3n) is 4.64. The highest BCUT2D eigenvalue weighted by atomic mass is 16.6. The largest absolute Gasteiger partial charge is 0.486 e. The molecule has 144 valence electrons. The maximum atomic E-state index is 12.4. The molecular formula is C22H17N3O4. The van der Waals surface area contributed by atoms with E-state index < -0.39 is 0 Å². The minimum Gasteiger partial charge on any atom is -0.486 e. The van der Waals surface area contributed by atoms with E-state index in [1.165, 1.54) is 0 Å². The lowest BCUT2D eigenvalue weighted by molar-refractivity contribution is -0.115. The average Bonchev–Trinajstić information content (AvgIpc) is 3.21. The van der Waals surface area contributed by atoms with Crippen molar-refractivity contribution in [1.29, 1.82) is 0 Å². The van der Waals surface area contributed by atoms with E-state index in [9.17, 15) is 4.79 Å². The van der Waals surface area contributed by atoms with E-state index in [0.29, 0.717) is 36.2 Å². The van der Waals surface area contributed by atoms with Gasteiger partial charge in [-0.1, -0.05) is 47.6 Å². The van der Waals surface area contributed by atoms with Gasteiger partial charge in [-0.25, -0.2) is 0 Å². The van der Waals surface area contributed by atoms with Gasteiger partial charge in [0.1, 0.15) is 13.2 Å². The number of anilines is 1. The number of fused-ring (bicyclic) bond motifs is 2. The van der Waals surface area contributed by atoms with Crippen molar-refractivity contribution in [3.8, 4) is 23.0 Å². The number of hydrogen-bond donors (Lipinski definition) is 1. The zero-order chi connectivity index (χ0) is 19.6. The fourth-order valence-corrected chi connectivity index (χ4v) is 3.26. The van der Waals surface area contributed by atoms with Crippen LogP contribution in [0, 0.1) is 0 Å². The molecule has 4 aromatic rings. The van der Waals surface area contributed by atoms with Crippen LogP contribution in [0.5, 0.6) is 11.5 Å². The molecule has 7 nitrogen and oxygen atoms in total. The highest BCUT2D eigenvalue weighted by molar-refractivity contribution is 5.91. The monoisotopic (exact) mass is 387 g/mol. The number of nitrogens with zero attached hydrogens (tertiary/aromatic N) is 2. The number of nitrogens with one attached hydrogen (secondary N) is 1. The molecule has 0 saturated heterocycles. The molecule has 3 aromatic carbocycles. The standard InChI is InChI=1S/C22H17N3O4/c26-20(12-14-5-6-15-3-1-2-4-16(15)11-14)23-22-25-24-21(29-22)17-7-8-18-19(13-17)28-10-9-27-18/h1-8,11,13H,9-10,12H2,(H,23,25,26). The van der Waals surface area contributed by atoms with E-state index in [1.807, 2.05) is 48.5 Å². The molecule has 0 unspecified atom stereocenters. The van der Waals surface area contributed by atoms with Gasteiger partial charge in [-0.05, 0) is 34.5 Å². The summed E-state index contributed by atoms with van der Waals surface area (Å²) in [5, 5.41) is 12.8. The molecule has 0 fully saturated rings. The highest BCUT2D eigenvalue weighted by Crippen LogP contribution is 2.34. The topological polar surface area (TPSA) is 86.5 Å².